The summed E-state index contributed by atoms with van der Waals surface area (Å²) in [6, 6.07) is 4.09. The summed E-state index contributed by atoms with van der Waals surface area (Å²) < 4.78 is 24.5. The summed E-state index contributed by atoms with van der Waals surface area (Å²) in [7, 11) is 0. The van der Waals surface area contributed by atoms with E-state index in [0.29, 0.717) is 6.29 Å². The molecule has 0 saturated carbocycles. The van der Waals surface area contributed by atoms with E-state index in [-0.39, 0.29) is 10.6 Å². The second-order valence-corrected chi connectivity index (χ2v) is 2.57. The average molecular weight is 191 g/mol. The van der Waals surface area contributed by atoms with E-state index in [2.05, 4.69) is 0 Å². The lowest BCUT2D eigenvalue weighted by Crippen LogP contribution is -1.93. The molecule has 0 spiro atoms. The first kappa shape index (κ1) is 9.13. The molecule has 0 atom stereocenters. The first-order chi connectivity index (χ1) is 5.66. The molecule has 0 fully saturated rings. The smallest absolute Gasteiger partial charge is 0.265 e. The van der Waals surface area contributed by atoms with E-state index in [0.717, 1.165) is 0 Å². The van der Waals surface area contributed by atoms with Gasteiger partial charge in [0.25, 0.3) is 6.43 Å². The van der Waals surface area contributed by atoms with E-state index in [9.17, 15) is 13.6 Å². The third-order valence-electron chi connectivity index (χ3n) is 1.43. The number of benzene rings is 1. The van der Waals surface area contributed by atoms with Crippen LogP contribution in [0.4, 0.5) is 8.78 Å². The van der Waals surface area contributed by atoms with Gasteiger partial charge in [-0.05, 0) is 6.07 Å². The van der Waals surface area contributed by atoms with Crippen LogP contribution < -0.4 is 0 Å². The van der Waals surface area contributed by atoms with Crippen LogP contribution in [0, 0.1) is 0 Å². The monoisotopic (exact) mass is 190 g/mol. The van der Waals surface area contributed by atoms with Gasteiger partial charge in [-0.2, -0.15) is 0 Å². The van der Waals surface area contributed by atoms with Gasteiger partial charge in [0.2, 0.25) is 0 Å². The Balaban J connectivity index is 3.29. The summed E-state index contributed by atoms with van der Waals surface area (Å²) in [5.74, 6) is 0. The molecule has 0 amide bonds. The first-order valence-electron chi connectivity index (χ1n) is 3.18. The van der Waals surface area contributed by atoms with Crippen LogP contribution in [0.15, 0.2) is 18.2 Å². The predicted molar refractivity (Wildman–Crippen MR) is 41.8 cm³/mol. The highest BCUT2D eigenvalue weighted by atomic mass is 35.5. The van der Waals surface area contributed by atoms with Crippen molar-refractivity contribution in [3.05, 3.63) is 34.3 Å². The second-order valence-electron chi connectivity index (χ2n) is 2.16. The molecule has 1 aromatic carbocycles. The zero-order valence-electron chi connectivity index (χ0n) is 5.93. The van der Waals surface area contributed by atoms with E-state index in [1.54, 1.807) is 0 Å². The minimum atomic E-state index is -2.71. The minimum Gasteiger partial charge on any atom is -0.298 e. The minimum absolute atomic E-state index is 0.0579. The Morgan fingerprint density at radius 1 is 1.42 bits per heavy atom. The summed E-state index contributed by atoms with van der Waals surface area (Å²) in [5.41, 5.74) is -0.452. The Kier molecular flexibility index (Phi) is 2.76. The molecule has 0 saturated heterocycles. The summed E-state index contributed by atoms with van der Waals surface area (Å²) in [6.45, 7) is 0. The summed E-state index contributed by atoms with van der Waals surface area (Å²) in [6.07, 6.45) is -2.34. The normalized spacial score (nSPS) is 10.3. The van der Waals surface area contributed by atoms with Gasteiger partial charge in [-0.1, -0.05) is 23.7 Å². The van der Waals surface area contributed by atoms with Crippen LogP contribution in [0.25, 0.3) is 0 Å². The average Bonchev–Trinajstić information content (AvgIpc) is 2.03. The first-order valence-corrected chi connectivity index (χ1v) is 3.56. The van der Waals surface area contributed by atoms with Crippen molar-refractivity contribution in [3.63, 3.8) is 0 Å². The highest BCUT2D eigenvalue weighted by Gasteiger charge is 2.15. The highest BCUT2D eigenvalue weighted by molar-refractivity contribution is 6.31. The second kappa shape index (κ2) is 3.63. The fraction of sp³-hybridized carbons (Fsp3) is 0.125. The SMILES string of the molecule is O=Cc1cccc(Cl)c1C(F)F. The number of aldehydes is 1. The molecule has 64 valence electrons. The van der Waals surface area contributed by atoms with Crippen molar-refractivity contribution in [2.75, 3.05) is 0 Å². The molecule has 12 heavy (non-hydrogen) atoms. The highest BCUT2D eigenvalue weighted by Crippen LogP contribution is 2.29. The standard InChI is InChI=1S/C8H5ClF2O/c9-6-3-1-2-5(4-12)7(6)8(10)11/h1-4,8H. The van der Waals surface area contributed by atoms with Crippen molar-refractivity contribution in [1.29, 1.82) is 0 Å². The van der Waals surface area contributed by atoms with Gasteiger partial charge in [0.05, 0.1) is 5.02 Å². The molecule has 0 aromatic heterocycles. The van der Waals surface area contributed by atoms with Crippen molar-refractivity contribution in [2.45, 2.75) is 6.43 Å². The van der Waals surface area contributed by atoms with Crippen molar-refractivity contribution in [1.82, 2.24) is 0 Å². The molecule has 0 aliphatic heterocycles. The number of hydrogen-bond donors (Lipinski definition) is 0. The van der Waals surface area contributed by atoms with E-state index in [1.165, 1.54) is 18.2 Å². The van der Waals surface area contributed by atoms with Gasteiger partial charge < -0.3 is 0 Å². The lowest BCUT2D eigenvalue weighted by molar-refractivity contribution is 0.110. The summed E-state index contributed by atoms with van der Waals surface area (Å²) >= 11 is 5.46. The molecule has 0 N–H and O–H groups in total. The van der Waals surface area contributed by atoms with Crippen LogP contribution in [0.5, 0.6) is 0 Å². The van der Waals surface area contributed by atoms with Crippen LogP contribution in [-0.4, -0.2) is 6.29 Å². The van der Waals surface area contributed by atoms with E-state index in [4.69, 9.17) is 11.6 Å². The number of alkyl halides is 2. The molecule has 1 rings (SSSR count). The number of rotatable bonds is 2. The Morgan fingerprint density at radius 3 is 2.50 bits per heavy atom. The molecule has 1 nitrogen and oxygen atoms in total. The summed E-state index contributed by atoms with van der Waals surface area (Å²) in [4.78, 5) is 10.3. The van der Waals surface area contributed by atoms with Gasteiger partial charge in [-0.3, -0.25) is 4.79 Å². The molecule has 0 aliphatic rings. The van der Waals surface area contributed by atoms with E-state index < -0.39 is 12.0 Å². The van der Waals surface area contributed by atoms with Gasteiger partial charge in [0.15, 0.2) is 6.29 Å². The third-order valence-corrected chi connectivity index (χ3v) is 1.76. The zero-order valence-corrected chi connectivity index (χ0v) is 6.68. The maximum atomic E-state index is 12.2. The third kappa shape index (κ3) is 1.61. The fourth-order valence-corrected chi connectivity index (χ4v) is 1.15. The zero-order chi connectivity index (χ0) is 9.14. The van der Waals surface area contributed by atoms with Gasteiger partial charge in [0, 0.05) is 11.1 Å². The molecule has 0 radical (unpaired) electrons. The quantitative estimate of drug-likeness (QED) is 0.655. The van der Waals surface area contributed by atoms with Crippen LogP contribution >= 0.6 is 11.6 Å². The van der Waals surface area contributed by atoms with Gasteiger partial charge in [-0.15, -0.1) is 0 Å². The molecule has 0 unspecified atom stereocenters. The van der Waals surface area contributed by atoms with Crippen molar-refractivity contribution in [2.24, 2.45) is 0 Å². The molecule has 0 aliphatic carbocycles. The lowest BCUT2D eigenvalue weighted by atomic mass is 10.1. The number of carbonyl (C=O) groups excluding carboxylic acids is 1. The number of hydrogen-bond acceptors (Lipinski definition) is 1. The summed E-state index contributed by atoms with van der Waals surface area (Å²) in [5, 5.41) is -0.0744. The largest absolute Gasteiger partial charge is 0.298 e. The van der Waals surface area contributed by atoms with Gasteiger partial charge >= 0.3 is 0 Å². The van der Waals surface area contributed by atoms with Crippen LogP contribution in [0.2, 0.25) is 5.02 Å². The Morgan fingerprint density at radius 2 is 2.08 bits per heavy atom. The fourth-order valence-electron chi connectivity index (χ4n) is 0.887. The Labute approximate surface area is 73.0 Å². The molecule has 0 bridgehead atoms. The van der Waals surface area contributed by atoms with Crippen molar-refractivity contribution in [3.8, 4) is 0 Å². The lowest BCUT2D eigenvalue weighted by Gasteiger charge is -2.04. The van der Waals surface area contributed by atoms with Crippen molar-refractivity contribution >= 4 is 17.9 Å². The van der Waals surface area contributed by atoms with E-state index in [1.807, 2.05) is 0 Å². The Bertz CT molecular complexity index is 299. The van der Waals surface area contributed by atoms with E-state index >= 15 is 0 Å². The predicted octanol–water partition coefficient (Wildman–Crippen LogP) is 3.09. The molecule has 4 heteroatoms. The van der Waals surface area contributed by atoms with Gasteiger partial charge in [-0.25, -0.2) is 8.78 Å². The van der Waals surface area contributed by atoms with Crippen LogP contribution in [0.1, 0.15) is 22.3 Å². The molecular formula is C8H5ClF2O. The molecule has 1 aromatic rings. The molecular weight excluding hydrogens is 186 g/mol. The van der Waals surface area contributed by atoms with Crippen LogP contribution in [0.3, 0.4) is 0 Å². The Hall–Kier alpha value is -0.960. The van der Waals surface area contributed by atoms with Crippen LogP contribution in [-0.2, 0) is 0 Å². The maximum Gasteiger partial charge on any atom is 0.265 e. The number of halogens is 3. The topological polar surface area (TPSA) is 17.1 Å². The number of carbonyl (C=O) groups is 1. The van der Waals surface area contributed by atoms with Crippen molar-refractivity contribution < 1.29 is 13.6 Å². The maximum absolute atomic E-state index is 12.2. The molecule has 0 heterocycles. The van der Waals surface area contributed by atoms with Gasteiger partial charge in [0.1, 0.15) is 0 Å².